The first-order valence-corrected chi connectivity index (χ1v) is 9.67. The van der Waals surface area contributed by atoms with Gasteiger partial charge in [0.1, 0.15) is 0 Å². The summed E-state index contributed by atoms with van der Waals surface area (Å²) in [6.07, 6.45) is 2.47. The molecule has 3 heterocycles. The predicted octanol–water partition coefficient (Wildman–Crippen LogP) is 0.597. The molecule has 3 unspecified atom stereocenters. The Morgan fingerprint density at radius 1 is 1.19 bits per heavy atom. The lowest BCUT2D eigenvalue weighted by atomic mass is 9.91. The molecule has 2 amide bonds. The Balaban J connectivity index is 0.00000182. The number of hydrogen-bond acceptors (Lipinski definition) is 5. The van der Waals surface area contributed by atoms with Crippen molar-refractivity contribution in [2.24, 2.45) is 17.6 Å². The molecule has 3 atom stereocenters. The van der Waals surface area contributed by atoms with Crippen molar-refractivity contribution >= 4 is 36.6 Å². The number of ether oxygens (including phenoxy) is 1. The minimum atomic E-state index is -0.177. The van der Waals surface area contributed by atoms with Gasteiger partial charge in [0.25, 0.3) is 0 Å². The van der Waals surface area contributed by atoms with Crippen LogP contribution in [0.5, 0.6) is 0 Å². The van der Waals surface area contributed by atoms with Crippen molar-refractivity contribution < 1.29 is 14.3 Å². The van der Waals surface area contributed by atoms with Crippen LogP contribution in [0.25, 0.3) is 0 Å². The number of morpholine rings is 1. The highest BCUT2D eigenvalue weighted by Gasteiger charge is 2.38. The van der Waals surface area contributed by atoms with E-state index >= 15 is 0 Å². The van der Waals surface area contributed by atoms with Crippen LogP contribution in [0.2, 0.25) is 0 Å². The smallest absolute Gasteiger partial charge is 0.228 e. The number of amides is 2. The summed E-state index contributed by atoms with van der Waals surface area (Å²) in [5.74, 6) is 0.469. The highest BCUT2D eigenvalue weighted by Crippen LogP contribution is 2.25. The largest absolute Gasteiger partial charge is 0.379 e. The average molecular weight is 425 g/mol. The van der Waals surface area contributed by atoms with E-state index in [9.17, 15) is 9.59 Å². The van der Waals surface area contributed by atoms with E-state index in [1.165, 1.54) is 0 Å². The van der Waals surface area contributed by atoms with Gasteiger partial charge in [-0.25, -0.2) is 0 Å². The summed E-state index contributed by atoms with van der Waals surface area (Å²) in [4.78, 5) is 31.3. The first-order chi connectivity index (χ1) is 12.0. The summed E-state index contributed by atoms with van der Waals surface area (Å²) in [6, 6.07) is 0.117. The number of hydrogen-bond donors (Lipinski definition) is 1. The molecule has 0 aromatic heterocycles. The fourth-order valence-electron chi connectivity index (χ4n) is 4.14. The number of nitrogens with zero attached hydrogens (tertiary/aromatic N) is 3. The van der Waals surface area contributed by atoms with Crippen molar-refractivity contribution in [3.63, 3.8) is 0 Å². The minimum Gasteiger partial charge on any atom is -0.379 e. The normalized spacial score (nSPS) is 27.7. The number of carbonyl (C=O) groups excluding carboxylic acids is 2. The van der Waals surface area contributed by atoms with E-state index in [0.717, 1.165) is 58.8 Å². The topological polar surface area (TPSA) is 79.1 Å². The Morgan fingerprint density at radius 3 is 2.56 bits per heavy atom. The van der Waals surface area contributed by atoms with Crippen molar-refractivity contribution in [2.75, 3.05) is 59.0 Å². The molecule has 0 aliphatic carbocycles. The molecule has 0 saturated carbocycles. The molecule has 158 valence electrons. The van der Waals surface area contributed by atoms with Crippen LogP contribution in [0.15, 0.2) is 0 Å². The molecule has 0 aromatic rings. The molecule has 0 bridgehead atoms. The predicted molar refractivity (Wildman–Crippen MR) is 109 cm³/mol. The summed E-state index contributed by atoms with van der Waals surface area (Å²) < 4.78 is 5.35. The van der Waals surface area contributed by atoms with Crippen molar-refractivity contribution in [3.05, 3.63) is 0 Å². The molecule has 3 fully saturated rings. The van der Waals surface area contributed by atoms with Crippen LogP contribution in [0.1, 0.15) is 26.2 Å². The average Bonchev–Trinajstić information content (AvgIpc) is 3.01. The lowest BCUT2D eigenvalue weighted by Crippen LogP contribution is -2.47. The molecular formula is C18H34Cl2N4O3. The van der Waals surface area contributed by atoms with Gasteiger partial charge in [-0.1, -0.05) is 0 Å². The Bertz CT molecular complexity index is 489. The van der Waals surface area contributed by atoms with Gasteiger partial charge >= 0.3 is 0 Å². The van der Waals surface area contributed by atoms with Crippen LogP contribution < -0.4 is 5.73 Å². The summed E-state index contributed by atoms with van der Waals surface area (Å²) in [7, 11) is 0. The van der Waals surface area contributed by atoms with Gasteiger partial charge in [0, 0.05) is 58.3 Å². The molecule has 3 aliphatic heterocycles. The first kappa shape index (κ1) is 24.4. The van der Waals surface area contributed by atoms with Crippen LogP contribution >= 0.6 is 24.8 Å². The Morgan fingerprint density at radius 2 is 1.89 bits per heavy atom. The molecule has 0 aromatic carbocycles. The second-order valence-electron chi connectivity index (χ2n) is 7.74. The Kier molecular flexibility index (Phi) is 10.3. The number of likely N-dealkylation sites (tertiary alicyclic amines) is 2. The van der Waals surface area contributed by atoms with Crippen molar-refractivity contribution in [2.45, 2.75) is 32.2 Å². The quantitative estimate of drug-likeness (QED) is 0.698. The first-order valence-electron chi connectivity index (χ1n) is 9.67. The second kappa shape index (κ2) is 11.4. The van der Waals surface area contributed by atoms with Crippen LogP contribution in [-0.4, -0.2) is 91.6 Å². The Labute approximate surface area is 174 Å². The van der Waals surface area contributed by atoms with Crippen molar-refractivity contribution in [3.8, 4) is 0 Å². The van der Waals surface area contributed by atoms with Gasteiger partial charge in [-0.2, -0.15) is 0 Å². The van der Waals surface area contributed by atoms with E-state index < -0.39 is 0 Å². The van der Waals surface area contributed by atoms with Crippen LogP contribution in [0.3, 0.4) is 0 Å². The van der Waals surface area contributed by atoms with Crippen LogP contribution in [0.4, 0.5) is 0 Å². The zero-order valence-corrected chi connectivity index (χ0v) is 17.8. The monoisotopic (exact) mass is 424 g/mol. The second-order valence-corrected chi connectivity index (χ2v) is 7.74. The molecule has 0 spiro atoms. The van der Waals surface area contributed by atoms with E-state index in [4.69, 9.17) is 10.5 Å². The molecule has 3 saturated heterocycles. The third kappa shape index (κ3) is 6.46. The van der Waals surface area contributed by atoms with E-state index in [1.807, 2.05) is 16.7 Å². The summed E-state index contributed by atoms with van der Waals surface area (Å²) >= 11 is 0. The lowest BCUT2D eigenvalue weighted by molar-refractivity contribution is -0.137. The fraction of sp³-hybridized carbons (Fsp3) is 0.889. The molecule has 0 radical (unpaired) electrons. The number of piperidine rings is 1. The maximum Gasteiger partial charge on any atom is 0.228 e. The summed E-state index contributed by atoms with van der Waals surface area (Å²) in [5, 5.41) is 0. The SMILES string of the molecule is CC(N)C1CCCN(C(=O)C2CC(=O)N(CCN3CCOCC3)C2)C1.Cl.Cl. The van der Waals surface area contributed by atoms with Crippen molar-refractivity contribution in [1.82, 2.24) is 14.7 Å². The maximum atomic E-state index is 12.8. The number of carbonyl (C=O) groups is 2. The third-order valence-electron chi connectivity index (χ3n) is 5.87. The molecule has 27 heavy (non-hydrogen) atoms. The lowest BCUT2D eigenvalue weighted by Gasteiger charge is -2.36. The van der Waals surface area contributed by atoms with Gasteiger partial charge in [0.2, 0.25) is 11.8 Å². The highest BCUT2D eigenvalue weighted by molar-refractivity contribution is 5.89. The zero-order chi connectivity index (χ0) is 17.8. The number of halogens is 2. The molecule has 7 nitrogen and oxygen atoms in total. The molecule has 3 rings (SSSR count). The van der Waals surface area contributed by atoms with E-state index in [1.54, 1.807) is 0 Å². The Hall–Kier alpha value is -0.600. The number of rotatable bonds is 5. The fourth-order valence-corrected chi connectivity index (χ4v) is 4.14. The van der Waals surface area contributed by atoms with Crippen LogP contribution in [0, 0.1) is 11.8 Å². The van der Waals surface area contributed by atoms with Gasteiger partial charge < -0.3 is 20.3 Å². The van der Waals surface area contributed by atoms with Gasteiger partial charge in [0.05, 0.1) is 19.1 Å². The zero-order valence-electron chi connectivity index (χ0n) is 16.2. The molecule has 2 N–H and O–H groups in total. The van der Waals surface area contributed by atoms with Gasteiger partial charge in [-0.05, 0) is 25.7 Å². The summed E-state index contributed by atoms with van der Waals surface area (Å²) in [6.45, 7) is 9.11. The van der Waals surface area contributed by atoms with Gasteiger partial charge in [-0.3, -0.25) is 14.5 Å². The van der Waals surface area contributed by atoms with Crippen LogP contribution in [-0.2, 0) is 14.3 Å². The summed E-state index contributed by atoms with van der Waals surface area (Å²) in [5.41, 5.74) is 6.02. The maximum absolute atomic E-state index is 12.8. The van der Waals surface area contributed by atoms with E-state index in [0.29, 0.717) is 25.4 Å². The van der Waals surface area contributed by atoms with Crippen molar-refractivity contribution in [1.29, 1.82) is 0 Å². The van der Waals surface area contributed by atoms with Gasteiger partial charge in [-0.15, -0.1) is 24.8 Å². The number of nitrogens with two attached hydrogens (primary N) is 1. The molecule has 9 heteroatoms. The van der Waals surface area contributed by atoms with E-state index in [-0.39, 0.29) is 48.6 Å². The van der Waals surface area contributed by atoms with Gasteiger partial charge in [0.15, 0.2) is 0 Å². The highest BCUT2D eigenvalue weighted by atomic mass is 35.5. The molecule has 3 aliphatic rings. The third-order valence-corrected chi connectivity index (χ3v) is 5.87. The van der Waals surface area contributed by atoms with E-state index in [2.05, 4.69) is 4.90 Å². The minimum absolute atomic E-state index is 0. The molecular weight excluding hydrogens is 391 g/mol. The standard InChI is InChI=1S/C18H32N4O3.2ClH/c1-14(19)15-3-2-4-22(12-15)18(24)16-11-17(23)21(13-16)6-5-20-7-9-25-10-8-20;;/h14-16H,2-13,19H2,1H3;2*1H.